The summed E-state index contributed by atoms with van der Waals surface area (Å²) in [6, 6.07) is 16.6. The number of nitrogens with zero attached hydrogens (tertiary/aromatic N) is 1. The average Bonchev–Trinajstić information content (AvgIpc) is 3.08. The Morgan fingerprint density at radius 3 is 2.71 bits per heavy atom. The maximum atomic E-state index is 13.4. The van der Waals surface area contributed by atoms with Gasteiger partial charge in [0.15, 0.2) is 18.2 Å². The minimum Gasteiger partial charge on any atom is -0.481 e. The van der Waals surface area contributed by atoms with Gasteiger partial charge in [0.2, 0.25) is 0 Å². The van der Waals surface area contributed by atoms with Crippen LogP contribution in [0.3, 0.4) is 0 Å². The fourth-order valence-electron chi connectivity index (χ4n) is 3.00. The van der Waals surface area contributed by atoms with Gasteiger partial charge in [-0.1, -0.05) is 30.3 Å². The van der Waals surface area contributed by atoms with E-state index < -0.39 is 5.82 Å². The first-order valence-corrected chi connectivity index (χ1v) is 8.20. The number of hydrogen-bond acceptors (Lipinski definition) is 3. The van der Waals surface area contributed by atoms with Crippen molar-refractivity contribution < 1.29 is 13.9 Å². The second-order valence-corrected chi connectivity index (χ2v) is 5.85. The monoisotopic (exact) mass is 328 g/mol. The lowest BCUT2D eigenvalue weighted by molar-refractivity contribution is -0.123. The quantitative estimate of drug-likeness (QED) is 0.886. The molecule has 3 rings (SSSR count). The van der Waals surface area contributed by atoms with Crippen LogP contribution in [0.15, 0.2) is 54.6 Å². The van der Waals surface area contributed by atoms with Gasteiger partial charge in [-0.15, -0.1) is 0 Å². The maximum Gasteiger partial charge on any atom is 0.258 e. The SMILES string of the molecule is O=C(COc1ccccc1F)NCC1CCCN1c1ccccc1. The van der Waals surface area contributed by atoms with Crippen molar-refractivity contribution in [1.82, 2.24) is 5.32 Å². The summed E-state index contributed by atoms with van der Waals surface area (Å²) in [7, 11) is 0. The molecule has 0 radical (unpaired) electrons. The van der Waals surface area contributed by atoms with Crippen LogP contribution in [0.4, 0.5) is 10.1 Å². The van der Waals surface area contributed by atoms with Gasteiger partial charge in [-0.25, -0.2) is 4.39 Å². The molecule has 5 heteroatoms. The molecule has 1 unspecified atom stereocenters. The van der Waals surface area contributed by atoms with E-state index in [1.165, 1.54) is 17.8 Å². The van der Waals surface area contributed by atoms with Crippen LogP contribution in [-0.4, -0.2) is 31.6 Å². The summed E-state index contributed by atoms with van der Waals surface area (Å²) in [5.41, 5.74) is 1.18. The lowest BCUT2D eigenvalue weighted by Gasteiger charge is -2.27. The number of para-hydroxylation sites is 2. The van der Waals surface area contributed by atoms with Crippen molar-refractivity contribution in [3.8, 4) is 5.75 Å². The molecular weight excluding hydrogens is 307 g/mol. The van der Waals surface area contributed by atoms with Gasteiger partial charge in [0.25, 0.3) is 5.91 Å². The molecule has 1 heterocycles. The number of carbonyl (C=O) groups is 1. The smallest absolute Gasteiger partial charge is 0.258 e. The number of nitrogens with one attached hydrogen (secondary N) is 1. The second-order valence-electron chi connectivity index (χ2n) is 5.85. The Bertz CT molecular complexity index is 678. The van der Waals surface area contributed by atoms with Crippen molar-refractivity contribution in [3.05, 3.63) is 60.4 Å². The average molecular weight is 328 g/mol. The van der Waals surface area contributed by atoms with E-state index in [1.807, 2.05) is 18.2 Å². The fourth-order valence-corrected chi connectivity index (χ4v) is 3.00. The van der Waals surface area contributed by atoms with Crippen LogP contribution in [0.2, 0.25) is 0 Å². The van der Waals surface area contributed by atoms with Crippen molar-refractivity contribution in [2.45, 2.75) is 18.9 Å². The zero-order chi connectivity index (χ0) is 16.8. The summed E-state index contributed by atoms with van der Waals surface area (Å²) in [5, 5.41) is 2.89. The Morgan fingerprint density at radius 1 is 1.17 bits per heavy atom. The van der Waals surface area contributed by atoms with Gasteiger partial charge < -0.3 is 15.0 Å². The van der Waals surface area contributed by atoms with Gasteiger partial charge in [0.05, 0.1) is 0 Å². The van der Waals surface area contributed by atoms with Gasteiger partial charge in [-0.05, 0) is 37.1 Å². The van der Waals surface area contributed by atoms with Crippen molar-refractivity contribution in [2.75, 3.05) is 24.6 Å². The zero-order valence-corrected chi connectivity index (χ0v) is 13.5. The number of benzene rings is 2. The largest absolute Gasteiger partial charge is 0.481 e. The van der Waals surface area contributed by atoms with Gasteiger partial charge in [-0.2, -0.15) is 0 Å². The lowest BCUT2D eigenvalue weighted by atomic mass is 10.2. The van der Waals surface area contributed by atoms with Crippen LogP contribution < -0.4 is 15.0 Å². The number of anilines is 1. The molecule has 2 aromatic rings. The molecule has 126 valence electrons. The highest BCUT2D eigenvalue weighted by molar-refractivity contribution is 5.77. The molecule has 0 aliphatic carbocycles. The van der Waals surface area contributed by atoms with Crippen molar-refractivity contribution in [2.24, 2.45) is 0 Å². The second kappa shape index (κ2) is 7.81. The highest BCUT2D eigenvalue weighted by Gasteiger charge is 2.24. The van der Waals surface area contributed by atoms with E-state index in [0.717, 1.165) is 19.4 Å². The van der Waals surface area contributed by atoms with Gasteiger partial charge in [-0.3, -0.25) is 4.79 Å². The molecule has 0 saturated carbocycles. The molecule has 1 fully saturated rings. The Hall–Kier alpha value is -2.56. The molecule has 2 aromatic carbocycles. The minimum atomic E-state index is -0.462. The zero-order valence-electron chi connectivity index (χ0n) is 13.5. The van der Waals surface area contributed by atoms with E-state index in [-0.39, 0.29) is 24.3 Å². The van der Waals surface area contributed by atoms with E-state index in [1.54, 1.807) is 12.1 Å². The third-order valence-corrected chi connectivity index (χ3v) is 4.20. The third-order valence-electron chi connectivity index (χ3n) is 4.20. The summed E-state index contributed by atoms with van der Waals surface area (Å²) < 4.78 is 18.7. The van der Waals surface area contributed by atoms with Gasteiger partial charge >= 0.3 is 0 Å². The molecule has 0 bridgehead atoms. The van der Waals surface area contributed by atoms with Crippen molar-refractivity contribution in [1.29, 1.82) is 0 Å². The number of carbonyl (C=O) groups excluding carboxylic acids is 1. The van der Waals surface area contributed by atoms with Crippen LogP contribution in [0.1, 0.15) is 12.8 Å². The molecule has 0 aromatic heterocycles. The molecule has 1 aliphatic heterocycles. The molecule has 1 N–H and O–H groups in total. The summed E-state index contributed by atoms with van der Waals surface area (Å²) in [6.07, 6.45) is 2.16. The lowest BCUT2D eigenvalue weighted by Crippen LogP contribution is -2.41. The molecule has 1 amide bonds. The molecule has 4 nitrogen and oxygen atoms in total. The maximum absolute atomic E-state index is 13.4. The Morgan fingerprint density at radius 2 is 1.92 bits per heavy atom. The minimum absolute atomic E-state index is 0.0967. The number of ether oxygens (including phenoxy) is 1. The predicted octanol–water partition coefficient (Wildman–Crippen LogP) is 2.99. The first-order valence-electron chi connectivity index (χ1n) is 8.20. The Kier molecular flexibility index (Phi) is 5.31. The van der Waals surface area contributed by atoms with Crippen molar-refractivity contribution in [3.63, 3.8) is 0 Å². The van der Waals surface area contributed by atoms with E-state index in [2.05, 4.69) is 22.3 Å². The highest BCUT2D eigenvalue weighted by Crippen LogP contribution is 2.24. The first-order chi connectivity index (χ1) is 11.7. The van der Waals surface area contributed by atoms with E-state index >= 15 is 0 Å². The van der Waals surface area contributed by atoms with E-state index in [4.69, 9.17) is 4.74 Å². The first kappa shape index (κ1) is 16.3. The van der Waals surface area contributed by atoms with E-state index in [0.29, 0.717) is 6.54 Å². The third kappa shape index (κ3) is 4.04. The van der Waals surface area contributed by atoms with Crippen molar-refractivity contribution >= 4 is 11.6 Å². The molecule has 24 heavy (non-hydrogen) atoms. The molecule has 1 saturated heterocycles. The van der Waals surface area contributed by atoms with Gasteiger partial charge in [0, 0.05) is 24.8 Å². The topological polar surface area (TPSA) is 41.6 Å². The van der Waals surface area contributed by atoms with Crippen LogP contribution in [0, 0.1) is 5.82 Å². The normalized spacial score (nSPS) is 16.9. The Labute approximate surface area is 141 Å². The molecule has 1 aliphatic rings. The number of amides is 1. The van der Waals surface area contributed by atoms with E-state index in [9.17, 15) is 9.18 Å². The fraction of sp³-hybridized carbons (Fsp3) is 0.316. The number of rotatable bonds is 6. The number of hydrogen-bond donors (Lipinski definition) is 1. The molecular formula is C19H21FN2O2. The van der Waals surface area contributed by atoms with Crippen LogP contribution in [0.25, 0.3) is 0 Å². The molecule has 0 spiro atoms. The summed E-state index contributed by atoms with van der Waals surface area (Å²) in [6.45, 7) is 1.38. The predicted molar refractivity (Wildman–Crippen MR) is 91.7 cm³/mol. The standard InChI is InChI=1S/C19H21FN2O2/c20-17-10-4-5-11-18(17)24-14-19(23)21-13-16-9-6-12-22(16)15-7-2-1-3-8-15/h1-5,7-8,10-11,16H,6,9,12-14H2,(H,21,23). The Balaban J connectivity index is 1.48. The van der Waals surface area contributed by atoms with Crippen LogP contribution in [-0.2, 0) is 4.79 Å². The number of halogens is 1. The summed E-state index contributed by atoms with van der Waals surface area (Å²) >= 11 is 0. The summed E-state index contributed by atoms with van der Waals surface area (Å²) in [5.74, 6) is -0.603. The van der Waals surface area contributed by atoms with Crippen LogP contribution in [0.5, 0.6) is 5.75 Å². The summed E-state index contributed by atoms with van der Waals surface area (Å²) in [4.78, 5) is 14.3. The van der Waals surface area contributed by atoms with Gasteiger partial charge in [0.1, 0.15) is 0 Å². The highest BCUT2D eigenvalue weighted by atomic mass is 19.1. The van der Waals surface area contributed by atoms with Crippen LogP contribution >= 0.6 is 0 Å². The molecule has 1 atom stereocenters.